The van der Waals surface area contributed by atoms with E-state index in [2.05, 4.69) is 12.2 Å². The molecule has 1 unspecified atom stereocenters. The number of ether oxygens (including phenoxy) is 2. The normalized spacial score (nSPS) is 19.0. The Labute approximate surface area is 120 Å². The van der Waals surface area contributed by atoms with Gasteiger partial charge < -0.3 is 14.8 Å². The minimum atomic E-state index is -0.250. The Kier molecular flexibility index (Phi) is 6.27. The minimum Gasteiger partial charge on any atom is -0.491 e. The van der Waals surface area contributed by atoms with Crippen molar-refractivity contribution in [2.45, 2.75) is 45.3 Å². The minimum absolute atomic E-state index is 0.147. The van der Waals surface area contributed by atoms with Gasteiger partial charge in [-0.2, -0.15) is 0 Å². The maximum Gasteiger partial charge on any atom is 0.127 e. The molecule has 1 fully saturated rings. The van der Waals surface area contributed by atoms with Gasteiger partial charge in [0.15, 0.2) is 0 Å². The van der Waals surface area contributed by atoms with Gasteiger partial charge in [-0.3, -0.25) is 0 Å². The average molecular weight is 281 g/mol. The summed E-state index contributed by atoms with van der Waals surface area (Å²) >= 11 is 0. The Hall–Kier alpha value is -1.13. The van der Waals surface area contributed by atoms with E-state index >= 15 is 0 Å². The second-order valence-electron chi connectivity index (χ2n) is 5.27. The summed E-state index contributed by atoms with van der Waals surface area (Å²) in [6.45, 7) is 5.02. The fourth-order valence-corrected chi connectivity index (χ4v) is 2.34. The first-order valence-corrected chi connectivity index (χ1v) is 7.52. The van der Waals surface area contributed by atoms with Crippen LogP contribution in [-0.4, -0.2) is 25.9 Å². The fourth-order valence-electron chi connectivity index (χ4n) is 2.34. The van der Waals surface area contributed by atoms with Gasteiger partial charge in [-0.05, 0) is 49.9 Å². The molecule has 1 atom stereocenters. The van der Waals surface area contributed by atoms with Crippen LogP contribution < -0.4 is 10.1 Å². The van der Waals surface area contributed by atoms with Crippen LogP contribution in [0.4, 0.5) is 4.39 Å². The molecule has 1 saturated heterocycles. The SMILES string of the molecule is CCCNCc1cc(F)cc(OCC2CCCCO2)c1. The lowest BCUT2D eigenvalue weighted by atomic mass is 10.1. The smallest absolute Gasteiger partial charge is 0.127 e. The standard InChI is InChI=1S/C16H24FNO2/c1-2-6-18-11-13-8-14(17)10-16(9-13)20-12-15-5-3-4-7-19-15/h8-10,15,18H,2-7,11-12H2,1H3. The highest BCUT2D eigenvalue weighted by Gasteiger charge is 2.14. The van der Waals surface area contributed by atoms with E-state index in [0.29, 0.717) is 18.9 Å². The van der Waals surface area contributed by atoms with Gasteiger partial charge in [-0.25, -0.2) is 4.39 Å². The lowest BCUT2D eigenvalue weighted by Crippen LogP contribution is -2.25. The molecule has 0 aromatic heterocycles. The molecule has 2 rings (SSSR count). The molecule has 0 bridgehead atoms. The zero-order chi connectivity index (χ0) is 14.2. The van der Waals surface area contributed by atoms with Gasteiger partial charge in [0.25, 0.3) is 0 Å². The van der Waals surface area contributed by atoms with E-state index in [1.807, 2.05) is 6.07 Å². The predicted octanol–water partition coefficient (Wildman–Crippen LogP) is 3.27. The van der Waals surface area contributed by atoms with E-state index in [0.717, 1.165) is 38.0 Å². The molecule has 0 amide bonds. The van der Waals surface area contributed by atoms with Crippen molar-refractivity contribution in [3.05, 3.63) is 29.6 Å². The molecule has 0 spiro atoms. The highest BCUT2D eigenvalue weighted by molar-refractivity contribution is 5.29. The van der Waals surface area contributed by atoms with Gasteiger partial charge in [-0.1, -0.05) is 6.92 Å². The third-order valence-electron chi connectivity index (χ3n) is 3.40. The van der Waals surface area contributed by atoms with E-state index < -0.39 is 0 Å². The van der Waals surface area contributed by atoms with Crippen molar-refractivity contribution in [2.24, 2.45) is 0 Å². The molecule has 1 N–H and O–H groups in total. The summed E-state index contributed by atoms with van der Waals surface area (Å²) in [5, 5.41) is 3.26. The largest absolute Gasteiger partial charge is 0.491 e. The molecule has 1 aromatic carbocycles. The summed E-state index contributed by atoms with van der Waals surface area (Å²) < 4.78 is 24.9. The molecular formula is C16H24FNO2. The first-order valence-electron chi connectivity index (χ1n) is 7.52. The van der Waals surface area contributed by atoms with Gasteiger partial charge in [0.05, 0.1) is 6.10 Å². The molecule has 3 nitrogen and oxygen atoms in total. The maximum atomic E-state index is 13.6. The summed E-state index contributed by atoms with van der Waals surface area (Å²) in [6.07, 6.45) is 4.55. The molecule has 0 radical (unpaired) electrons. The summed E-state index contributed by atoms with van der Waals surface area (Å²) in [7, 11) is 0. The van der Waals surface area contributed by atoms with Crippen molar-refractivity contribution in [3.8, 4) is 5.75 Å². The molecule has 1 aromatic rings. The lowest BCUT2D eigenvalue weighted by molar-refractivity contribution is -0.0111. The highest BCUT2D eigenvalue weighted by Crippen LogP contribution is 2.19. The monoisotopic (exact) mass is 281 g/mol. The Morgan fingerprint density at radius 3 is 3.00 bits per heavy atom. The van der Waals surface area contributed by atoms with E-state index in [9.17, 15) is 4.39 Å². The van der Waals surface area contributed by atoms with Crippen LogP contribution in [0.3, 0.4) is 0 Å². The van der Waals surface area contributed by atoms with Gasteiger partial charge >= 0.3 is 0 Å². The van der Waals surface area contributed by atoms with Crippen LogP contribution in [-0.2, 0) is 11.3 Å². The maximum absolute atomic E-state index is 13.6. The molecule has 20 heavy (non-hydrogen) atoms. The number of nitrogens with one attached hydrogen (secondary N) is 1. The molecule has 1 aliphatic heterocycles. The van der Waals surface area contributed by atoms with Crippen molar-refractivity contribution in [3.63, 3.8) is 0 Å². The Morgan fingerprint density at radius 1 is 1.35 bits per heavy atom. The first-order chi connectivity index (χ1) is 9.78. The van der Waals surface area contributed by atoms with Gasteiger partial charge in [-0.15, -0.1) is 0 Å². The molecule has 0 saturated carbocycles. The fraction of sp³-hybridized carbons (Fsp3) is 0.625. The second-order valence-corrected chi connectivity index (χ2v) is 5.27. The first kappa shape index (κ1) is 15.3. The number of hydrogen-bond acceptors (Lipinski definition) is 3. The molecule has 1 heterocycles. The number of hydrogen-bond donors (Lipinski definition) is 1. The Balaban J connectivity index is 1.86. The van der Waals surface area contributed by atoms with Crippen LogP contribution in [0.25, 0.3) is 0 Å². The van der Waals surface area contributed by atoms with Gasteiger partial charge in [0.1, 0.15) is 18.2 Å². The zero-order valence-corrected chi connectivity index (χ0v) is 12.2. The highest BCUT2D eigenvalue weighted by atomic mass is 19.1. The van der Waals surface area contributed by atoms with Crippen LogP contribution in [0.2, 0.25) is 0 Å². The van der Waals surface area contributed by atoms with E-state index in [1.54, 1.807) is 6.07 Å². The zero-order valence-electron chi connectivity index (χ0n) is 12.2. The van der Waals surface area contributed by atoms with Crippen LogP contribution in [0.15, 0.2) is 18.2 Å². The van der Waals surface area contributed by atoms with Crippen LogP contribution in [0, 0.1) is 5.82 Å². The number of halogens is 1. The Bertz CT molecular complexity index is 405. The van der Waals surface area contributed by atoms with E-state index in [-0.39, 0.29) is 11.9 Å². The van der Waals surface area contributed by atoms with Gasteiger partial charge in [0.2, 0.25) is 0 Å². The quantitative estimate of drug-likeness (QED) is 0.778. The van der Waals surface area contributed by atoms with Crippen molar-refractivity contribution >= 4 is 0 Å². The lowest BCUT2D eigenvalue weighted by Gasteiger charge is -2.22. The molecule has 0 aliphatic carbocycles. The van der Waals surface area contributed by atoms with E-state index in [4.69, 9.17) is 9.47 Å². The second kappa shape index (κ2) is 8.22. The summed E-state index contributed by atoms with van der Waals surface area (Å²) in [4.78, 5) is 0. The Morgan fingerprint density at radius 2 is 2.25 bits per heavy atom. The summed E-state index contributed by atoms with van der Waals surface area (Å²) in [5.41, 5.74) is 0.915. The molecule has 112 valence electrons. The van der Waals surface area contributed by atoms with Crippen LogP contribution in [0.5, 0.6) is 5.75 Å². The average Bonchev–Trinajstić information content (AvgIpc) is 2.46. The van der Waals surface area contributed by atoms with Crippen LogP contribution in [0.1, 0.15) is 38.2 Å². The van der Waals surface area contributed by atoms with Crippen molar-refractivity contribution in [1.29, 1.82) is 0 Å². The summed E-state index contributed by atoms with van der Waals surface area (Å²) in [6, 6.07) is 4.88. The topological polar surface area (TPSA) is 30.5 Å². The summed E-state index contributed by atoms with van der Waals surface area (Å²) in [5.74, 6) is 0.341. The van der Waals surface area contributed by atoms with Crippen molar-refractivity contribution in [1.82, 2.24) is 5.32 Å². The van der Waals surface area contributed by atoms with E-state index in [1.165, 1.54) is 12.5 Å². The molecule has 1 aliphatic rings. The van der Waals surface area contributed by atoms with Crippen LogP contribution >= 0.6 is 0 Å². The molecule has 4 heteroatoms. The van der Waals surface area contributed by atoms with Crippen molar-refractivity contribution < 1.29 is 13.9 Å². The predicted molar refractivity (Wildman–Crippen MR) is 77.5 cm³/mol. The van der Waals surface area contributed by atoms with Crippen molar-refractivity contribution in [2.75, 3.05) is 19.8 Å². The number of benzene rings is 1. The molecular weight excluding hydrogens is 257 g/mol. The third-order valence-corrected chi connectivity index (χ3v) is 3.40. The number of rotatable bonds is 7. The third kappa shape index (κ3) is 5.10. The van der Waals surface area contributed by atoms with Gasteiger partial charge in [0, 0.05) is 19.2 Å².